The number of morpholine rings is 1. The van der Waals surface area contributed by atoms with Gasteiger partial charge in [-0.25, -0.2) is 8.42 Å². The topological polar surface area (TPSA) is 103 Å². The molecule has 1 atom stereocenters. The zero-order valence-electron chi connectivity index (χ0n) is 15.6. The number of rotatable bonds is 6. The van der Waals surface area contributed by atoms with Gasteiger partial charge in [-0.1, -0.05) is 11.2 Å². The van der Waals surface area contributed by atoms with Crippen molar-refractivity contribution in [3.8, 4) is 0 Å². The van der Waals surface area contributed by atoms with Crippen LogP contribution in [0.5, 0.6) is 0 Å². The van der Waals surface area contributed by atoms with E-state index in [-0.39, 0.29) is 24.6 Å². The van der Waals surface area contributed by atoms with E-state index in [0.717, 1.165) is 4.88 Å². The van der Waals surface area contributed by atoms with Crippen LogP contribution in [0.3, 0.4) is 0 Å². The van der Waals surface area contributed by atoms with E-state index >= 15 is 0 Å². The average Bonchev–Trinajstić information content (AvgIpc) is 3.43. The highest BCUT2D eigenvalue weighted by Crippen LogP contribution is 2.27. The number of ether oxygens (including phenoxy) is 1. The second kappa shape index (κ2) is 7.74. The third-order valence-electron chi connectivity index (χ3n) is 4.54. The Hall–Kier alpha value is -2.08. The van der Waals surface area contributed by atoms with E-state index in [1.807, 2.05) is 24.4 Å². The van der Waals surface area contributed by atoms with E-state index in [2.05, 4.69) is 15.2 Å². The Kier molecular flexibility index (Phi) is 5.32. The Morgan fingerprint density at radius 2 is 2.25 bits per heavy atom. The van der Waals surface area contributed by atoms with Gasteiger partial charge in [-0.15, -0.1) is 11.3 Å². The predicted octanol–water partition coefficient (Wildman–Crippen LogP) is 2.01. The van der Waals surface area contributed by atoms with Crippen molar-refractivity contribution in [2.24, 2.45) is 0 Å². The first kappa shape index (κ1) is 19.2. The van der Waals surface area contributed by atoms with Crippen LogP contribution < -0.4 is 0 Å². The summed E-state index contributed by atoms with van der Waals surface area (Å²) in [6.45, 7) is 4.87. The molecule has 1 aliphatic heterocycles. The second-order valence-corrected chi connectivity index (χ2v) is 9.40. The number of nitrogens with zero attached hydrogens (tertiary/aromatic N) is 5. The summed E-state index contributed by atoms with van der Waals surface area (Å²) in [7, 11) is -3.68. The van der Waals surface area contributed by atoms with Gasteiger partial charge in [0.15, 0.2) is 11.9 Å². The molecule has 1 aliphatic rings. The van der Waals surface area contributed by atoms with Gasteiger partial charge in [0.2, 0.25) is 10.0 Å². The Balaban J connectivity index is 1.51. The number of sulfonamides is 1. The lowest BCUT2D eigenvalue weighted by Gasteiger charge is -2.30. The van der Waals surface area contributed by atoms with Crippen molar-refractivity contribution < 1.29 is 17.7 Å². The Bertz CT molecular complexity index is 1040. The predicted molar refractivity (Wildman–Crippen MR) is 102 cm³/mol. The summed E-state index contributed by atoms with van der Waals surface area (Å²) < 4.78 is 40.2. The average molecular weight is 424 g/mol. The minimum absolute atomic E-state index is 0.125. The quantitative estimate of drug-likeness (QED) is 0.597. The van der Waals surface area contributed by atoms with Crippen molar-refractivity contribution in [1.82, 2.24) is 24.2 Å². The lowest BCUT2D eigenvalue weighted by molar-refractivity contribution is -0.0199. The molecule has 0 radical (unpaired) electrons. The Morgan fingerprint density at radius 3 is 2.96 bits per heavy atom. The number of hydrogen-bond donors (Lipinski definition) is 0. The van der Waals surface area contributed by atoms with Crippen molar-refractivity contribution in [2.45, 2.75) is 37.8 Å². The molecule has 3 aromatic heterocycles. The molecule has 1 fully saturated rings. The molecule has 0 N–H and O–H groups in total. The molecule has 11 heteroatoms. The van der Waals surface area contributed by atoms with Crippen LogP contribution in [0.2, 0.25) is 0 Å². The van der Waals surface area contributed by atoms with Gasteiger partial charge >= 0.3 is 0 Å². The fourth-order valence-electron chi connectivity index (χ4n) is 3.09. The summed E-state index contributed by atoms with van der Waals surface area (Å²) in [5.41, 5.74) is 0.487. The molecule has 0 saturated carbocycles. The van der Waals surface area contributed by atoms with Gasteiger partial charge in [0.05, 0.1) is 12.3 Å². The first-order valence-electron chi connectivity index (χ1n) is 8.98. The summed E-state index contributed by atoms with van der Waals surface area (Å²) in [6, 6.07) is 3.97. The molecular formula is C17H21N5O4S2. The summed E-state index contributed by atoms with van der Waals surface area (Å²) in [5.74, 6) is 0.855. The molecule has 150 valence electrons. The summed E-state index contributed by atoms with van der Waals surface area (Å²) >= 11 is 1.62. The molecule has 9 nitrogen and oxygen atoms in total. The van der Waals surface area contributed by atoms with E-state index in [1.54, 1.807) is 29.1 Å². The maximum atomic E-state index is 13.1. The molecule has 0 unspecified atom stereocenters. The minimum Gasteiger partial charge on any atom is -0.366 e. The summed E-state index contributed by atoms with van der Waals surface area (Å²) in [6.07, 6.45) is 1.56. The van der Waals surface area contributed by atoms with Gasteiger partial charge < -0.3 is 9.26 Å². The molecule has 0 amide bonds. The fourth-order valence-corrected chi connectivity index (χ4v) is 5.38. The minimum atomic E-state index is -3.68. The molecule has 1 saturated heterocycles. The Morgan fingerprint density at radius 1 is 1.39 bits per heavy atom. The third kappa shape index (κ3) is 3.75. The lowest BCUT2D eigenvalue weighted by Crippen LogP contribution is -2.42. The first-order valence-corrected chi connectivity index (χ1v) is 11.3. The zero-order valence-corrected chi connectivity index (χ0v) is 17.2. The number of aryl methyl sites for hydroxylation is 2. The maximum Gasteiger partial charge on any atom is 0.257 e. The van der Waals surface area contributed by atoms with Gasteiger partial charge in [0, 0.05) is 37.1 Å². The van der Waals surface area contributed by atoms with Crippen molar-refractivity contribution >= 4 is 21.4 Å². The van der Waals surface area contributed by atoms with E-state index in [9.17, 15) is 8.42 Å². The number of aromatic nitrogens is 4. The van der Waals surface area contributed by atoms with Crippen molar-refractivity contribution in [1.29, 1.82) is 0 Å². The van der Waals surface area contributed by atoms with Crippen LogP contribution in [0.25, 0.3) is 0 Å². The molecular weight excluding hydrogens is 402 g/mol. The normalized spacial score (nSPS) is 18.6. The second-order valence-electron chi connectivity index (χ2n) is 6.46. The molecule has 0 aromatic carbocycles. The summed E-state index contributed by atoms with van der Waals surface area (Å²) in [4.78, 5) is 5.75. The summed E-state index contributed by atoms with van der Waals surface area (Å²) in [5, 5.41) is 10.2. The Labute approximate surface area is 167 Å². The van der Waals surface area contributed by atoms with Crippen LogP contribution in [-0.2, 0) is 27.7 Å². The molecule has 0 aliphatic carbocycles. The van der Waals surface area contributed by atoms with Crippen LogP contribution in [0.4, 0.5) is 0 Å². The van der Waals surface area contributed by atoms with Crippen LogP contribution in [0.15, 0.2) is 33.1 Å². The monoisotopic (exact) mass is 423 g/mol. The van der Waals surface area contributed by atoms with Crippen LogP contribution in [0, 0.1) is 6.92 Å². The van der Waals surface area contributed by atoms with Crippen molar-refractivity contribution in [2.75, 3.05) is 19.7 Å². The maximum absolute atomic E-state index is 13.1. The fraction of sp³-hybridized carbons (Fsp3) is 0.471. The first-order chi connectivity index (χ1) is 13.5. The van der Waals surface area contributed by atoms with Crippen LogP contribution in [-0.4, -0.2) is 52.3 Å². The van der Waals surface area contributed by atoms with Gasteiger partial charge in [0.1, 0.15) is 4.90 Å². The SMILES string of the molecule is CCn1cc(S(=O)(=O)N2CCO[C@H](c3nc(Cc4cccs4)no3)C2)c(C)n1. The molecule has 3 aromatic rings. The van der Waals surface area contributed by atoms with Gasteiger partial charge in [-0.3, -0.25) is 4.68 Å². The van der Waals surface area contributed by atoms with E-state index in [4.69, 9.17) is 9.26 Å². The number of thiophene rings is 1. The van der Waals surface area contributed by atoms with E-state index < -0.39 is 16.1 Å². The van der Waals surface area contributed by atoms with E-state index in [0.29, 0.717) is 30.4 Å². The molecule has 4 heterocycles. The van der Waals surface area contributed by atoms with Crippen molar-refractivity contribution in [3.05, 3.63) is 46.0 Å². The standard InChI is InChI=1S/C17H21N5O4S2/c1-3-21-11-15(12(2)19-21)28(23,24)22-6-7-25-14(10-22)17-18-16(20-26-17)9-13-5-4-8-27-13/h4-5,8,11,14H,3,6-7,9-10H2,1-2H3/t14-/m0/s1. The van der Waals surface area contributed by atoms with E-state index in [1.165, 1.54) is 4.31 Å². The highest BCUT2D eigenvalue weighted by molar-refractivity contribution is 7.89. The van der Waals surface area contributed by atoms with Crippen molar-refractivity contribution in [3.63, 3.8) is 0 Å². The largest absolute Gasteiger partial charge is 0.366 e. The molecule has 0 spiro atoms. The highest BCUT2D eigenvalue weighted by Gasteiger charge is 2.35. The zero-order chi connectivity index (χ0) is 19.7. The molecule has 28 heavy (non-hydrogen) atoms. The number of hydrogen-bond acceptors (Lipinski definition) is 8. The van der Waals surface area contributed by atoms with Crippen LogP contribution in [0.1, 0.15) is 35.3 Å². The third-order valence-corrected chi connectivity index (χ3v) is 7.39. The van der Waals surface area contributed by atoms with Gasteiger partial charge in [-0.2, -0.15) is 14.4 Å². The van der Waals surface area contributed by atoms with Crippen LogP contribution >= 0.6 is 11.3 Å². The highest BCUT2D eigenvalue weighted by atomic mass is 32.2. The molecule has 0 bridgehead atoms. The lowest BCUT2D eigenvalue weighted by atomic mass is 10.3. The van der Waals surface area contributed by atoms with Gasteiger partial charge in [-0.05, 0) is 25.3 Å². The smallest absolute Gasteiger partial charge is 0.257 e. The van der Waals surface area contributed by atoms with Gasteiger partial charge in [0.25, 0.3) is 5.89 Å². The molecule has 4 rings (SSSR count).